The first-order chi connectivity index (χ1) is 14.6. The fourth-order valence-electron chi connectivity index (χ4n) is 3.10. The van der Waals surface area contributed by atoms with E-state index in [0.717, 1.165) is 4.47 Å². The predicted molar refractivity (Wildman–Crippen MR) is 118 cm³/mol. The van der Waals surface area contributed by atoms with Crippen molar-refractivity contribution in [2.75, 3.05) is 0 Å². The van der Waals surface area contributed by atoms with Crippen LogP contribution >= 0.6 is 27.7 Å². The van der Waals surface area contributed by atoms with E-state index in [9.17, 15) is 9.59 Å². The number of hydrogen-bond acceptors (Lipinski definition) is 6. The summed E-state index contributed by atoms with van der Waals surface area (Å²) < 4.78 is 3.94. The summed E-state index contributed by atoms with van der Waals surface area (Å²) in [6.07, 6.45) is 3.15. The molecule has 10 heteroatoms. The Morgan fingerprint density at radius 3 is 2.73 bits per heavy atom. The van der Waals surface area contributed by atoms with Crippen LogP contribution in [0.1, 0.15) is 5.69 Å². The lowest BCUT2D eigenvalue weighted by molar-refractivity contribution is 0.815. The first-order valence-electron chi connectivity index (χ1n) is 8.92. The van der Waals surface area contributed by atoms with Gasteiger partial charge in [-0.25, -0.2) is 9.97 Å². The van der Waals surface area contributed by atoms with E-state index in [4.69, 9.17) is 0 Å². The molecule has 0 saturated heterocycles. The van der Waals surface area contributed by atoms with Crippen LogP contribution in [0, 0.1) is 0 Å². The van der Waals surface area contributed by atoms with Gasteiger partial charge in [0.1, 0.15) is 11.0 Å². The van der Waals surface area contributed by atoms with Gasteiger partial charge >= 0.3 is 0 Å². The molecule has 148 valence electrons. The highest BCUT2D eigenvalue weighted by Gasteiger charge is 2.15. The lowest BCUT2D eigenvalue weighted by atomic mass is 10.3. The second kappa shape index (κ2) is 7.54. The molecule has 5 aromatic rings. The van der Waals surface area contributed by atoms with Crippen LogP contribution in [0.5, 0.6) is 0 Å². The smallest absolute Gasteiger partial charge is 0.269 e. The van der Waals surface area contributed by atoms with Crippen molar-refractivity contribution in [3.05, 3.63) is 91.8 Å². The van der Waals surface area contributed by atoms with E-state index in [1.165, 1.54) is 28.4 Å². The van der Waals surface area contributed by atoms with Crippen LogP contribution in [0.4, 0.5) is 0 Å². The maximum Gasteiger partial charge on any atom is 0.269 e. The van der Waals surface area contributed by atoms with Crippen molar-refractivity contribution < 1.29 is 0 Å². The number of thioether (sulfide) groups is 1. The minimum atomic E-state index is -0.217. The fourth-order valence-corrected chi connectivity index (χ4v) is 4.27. The molecular formula is C20H13BrN6O2S. The molecule has 0 fully saturated rings. The van der Waals surface area contributed by atoms with Crippen LogP contribution in [0.3, 0.4) is 0 Å². The summed E-state index contributed by atoms with van der Waals surface area (Å²) in [5, 5.41) is 7.59. The Labute approximate surface area is 181 Å². The highest BCUT2D eigenvalue weighted by Crippen LogP contribution is 2.24. The number of fused-ring (bicyclic) bond motifs is 2. The van der Waals surface area contributed by atoms with Crippen molar-refractivity contribution in [3.63, 3.8) is 0 Å². The van der Waals surface area contributed by atoms with Crippen LogP contribution in [0.2, 0.25) is 0 Å². The van der Waals surface area contributed by atoms with Gasteiger partial charge in [-0.2, -0.15) is 5.10 Å². The Bertz CT molecular complexity index is 1510. The number of benzene rings is 1. The molecule has 1 N–H and O–H groups in total. The van der Waals surface area contributed by atoms with Gasteiger partial charge in [-0.3, -0.25) is 23.7 Å². The molecule has 0 saturated carbocycles. The molecule has 8 nitrogen and oxygen atoms in total. The summed E-state index contributed by atoms with van der Waals surface area (Å²) in [5.41, 5.74) is 1.92. The number of pyridine rings is 1. The van der Waals surface area contributed by atoms with Crippen LogP contribution < -0.4 is 11.1 Å². The molecular weight excluding hydrogens is 468 g/mol. The van der Waals surface area contributed by atoms with Crippen molar-refractivity contribution in [2.45, 2.75) is 10.9 Å². The lowest BCUT2D eigenvalue weighted by Crippen LogP contribution is -2.21. The third-order valence-corrected chi connectivity index (χ3v) is 6.01. The zero-order chi connectivity index (χ0) is 20.7. The van der Waals surface area contributed by atoms with Gasteiger partial charge in [-0.15, -0.1) is 0 Å². The minimum absolute atomic E-state index is 0.154. The molecule has 0 spiro atoms. The largest absolute Gasteiger partial charge is 0.269 e. The molecule has 0 aliphatic carbocycles. The standard InChI is InChI=1S/C20H13BrN6O2S/c21-12-4-6-14(7-5-12)27-19(29)15-10-22-25-18(15)24-20(27)30-11-13-9-17(28)26-8-2-1-3-16(26)23-13/h1-10H,11H2,(H,22,25). The Hall–Kier alpha value is -3.24. The molecule has 4 aromatic heterocycles. The number of aromatic nitrogens is 6. The molecule has 0 unspecified atom stereocenters. The number of nitrogens with zero attached hydrogens (tertiary/aromatic N) is 5. The van der Waals surface area contributed by atoms with E-state index in [-0.39, 0.29) is 11.1 Å². The number of aromatic amines is 1. The van der Waals surface area contributed by atoms with Gasteiger partial charge in [0, 0.05) is 22.5 Å². The topological polar surface area (TPSA) is 97.9 Å². The Kier molecular flexibility index (Phi) is 4.72. The van der Waals surface area contributed by atoms with Crippen molar-refractivity contribution in [2.24, 2.45) is 0 Å². The summed E-state index contributed by atoms with van der Waals surface area (Å²) in [5.74, 6) is 0.378. The van der Waals surface area contributed by atoms with Crippen LogP contribution in [-0.4, -0.2) is 29.1 Å². The summed E-state index contributed by atoms with van der Waals surface area (Å²) in [4.78, 5) is 34.6. The van der Waals surface area contributed by atoms with Gasteiger partial charge in [-0.1, -0.05) is 33.8 Å². The Morgan fingerprint density at radius 1 is 1.07 bits per heavy atom. The predicted octanol–water partition coefficient (Wildman–Crippen LogP) is 3.17. The van der Waals surface area contributed by atoms with Crippen molar-refractivity contribution >= 4 is 44.4 Å². The third kappa shape index (κ3) is 3.33. The van der Waals surface area contributed by atoms with Crippen LogP contribution in [-0.2, 0) is 5.75 Å². The Balaban J connectivity index is 1.59. The van der Waals surface area contributed by atoms with E-state index in [0.29, 0.717) is 39.0 Å². The first-order valence-corrected chi connectivity index (χ1v) is 10.7. The van der Waals surface area contributed by atoms with E-state index >= 15 is 0 Å². The van der Waals surface area contributed by atoms with E-state index in [1.807, 2.05) is 30.3 Å². The second-order valence-electron chi connectivity index (χ2n) is 6.45. The number of rotatable bonds is 4. The van der Waals surface area contributed by atoms with Gasteiger partial charge in [0.2, 0.25) is 0 Å². The highest BCUT2D eigenvalue weighted by atomic mass is 79.9. The molecule has 0 amide bonds. The van der Waals surface area contributed by atoms with Gasteiger partial charge in [0.05, 0.1) is 17.6 Å². The highest BCUT2D eigenvalue weighted by molar-refractivity contribution is 9.10. The fraction of sp³-hybridized carbons (Fsp3) is 0.0500. The second-order valence-corrected chi connectivity index (χ2v) is 8.31. The molecule has 0 radical (unpaired) electrons. The summed E-state index contributed by atoms with van der Waals surface area (Å²) in [6, 6.07) is 14.3. The molecule has 0 atom stereocenters. The molecule has 0 aliphatic heterocycles. The first kappa shape index (κ1) is 18.8. The van der Waals surface area contributed by atoms with Gasteiger partial charge in [0.15, 0.2) is 10.8 Å². The monoisotopic (exact) mass is 480 g/mol. The van der Waals surface area contributed by atoms with Gasteiger partial charge < -0.3 is 0 Å². The summed E-state index contributed by atoms with van der Waals surface area (Å²) in [6.45, 7) is 0. The van der Waals surface area contributed by atoms with Gasteiger partial charge in [-0.05, 0) is 36.4 Å². The molecule has 0 bridgehead atoms. The number of halogens is 1. The molecule has 0 aliphatic rings. The lowest BCUT2D eigenvalue weighted by Gasteiger charge is -2.12. The van der Waals surface area contributed by atoms with Gasteiger partial charge in [0.25, 0.3) is 11.1 Å². The zero-order valence-electron chi connectivity index (χ0n) is 15.3. The summed E-state index contributed by atoms with van der Waals surface area (Å²) >= 11 is 4.74. The van der Waals surface area contributed by atoms with E-state index in [1.54, 1.807) is 22.9 Å². The van der Waals surface area contributed by atoms with Crippen molar-refractivity contribution in [1.82, 2.24) is 29.1 Å². The van der Waals surface area contributed by atoms with E-state index in [2.05, 4.69) is 36.1 Å². The van der Waals surface area contributed by atoms with Crippen LogP contribution in [0.15, 0.2) is 80.1 Å². The SMILES string of the molecule is O=c1c2cn[nH]c2nc(SCc2cc(=O)n3ccccc3n2)n1-c1ccc(Br)cc1. The molecule has 4 heterocycles. The third-order valence-electron chi connectivity index (χ3n) is 4.51. The zero-order valence-corrected chi connectivity index (χ0v) is 17.7. The maximum absolute atomic E-state index is 13.1. The number of H-pyrrole nitrogens is 1. The van der Waals surface area contributed by atoms with Crippen molar-refractivity contribution in [3.8, 4) is 5.69 Å². The number of hydrogen-bond donors (Lipinski definition) is 1. The number of nitrogens with one attached hydrogen (secondary N) is 1. The normalized spacial score (nSPS) is 11.4. The average Bonchev–Trinajstić information content (AvgIpc) is 3.22. The Morgan fingerprint density at radius 2 is 1.90 bits per heavy atom. The molecule has 1 aromatic carbocycles. The quantitative estimate of drug-likeness (QED) is 0.313. The maximum atomic E-state index is 13.1. The summed E-state index contributed by atoms with van der Waals surface area (Å²) in [7, 11) is 0. The van der Waals surface area contributed by atoms with Crippen LogP contribution in [0.25, 0.3) is 22.4 Å². The van der Waals surface area contributed by atoms with E-state index < -0.39 is 0 Å². The molecule has 30 heavy (non-hydrogen) atoms. The minimum Gasteiger partial charge on any atom is -0.269 e. The van der Waals surface area contributed by atoms with Crippen molar-refractivity contribution in [1.29, 1.82) is 0 Å². The molecule has 5 rings (SSSR count). The average molecular weight is 481 g/mol.